The monoisotopic (exact) mass is 289 g/mol. The normalized spacial score (nSPS) is 24.1. The first kappa shape index (κ1) is 16.3. The van der Waals surface area contributed by atoms with Gasteiger partial charge in [0.25, 0.3) is 0 Å². The Kier molecular flexibility index (Phi) is 5.65. The molecule has 0 amide bonds. The van der Waals surface area contributed by atoms with Gasteiger partial charge >= 0.3 is 0 Å². The van der Waals surface area contributed by atoms with Crippen molar-refractivity contribution in [3.8, 4) is 0 Å². The first-order chi connectivity index (χ1) is 9.99. The van der Waals surface area contributed by atoms with Crippen molar-refractivity contribution in [1.29, 1.82) is 0 Å². The summed E-state index contributed by atoms with van der Waals surface area (Å²) < 4.78 is 0. The van der Waals surface area contributed by atoms with E-state index >= 15 is 0 Å². The molecule has 3 nitrogen and oxygen atoms in total. The average Bonchev–Trinajstić information content (AvgIpc) is 2.60. The smallest absolute Gasteiger partial charge is 0.0499 e. The minimum Gasteiger partial charge on any atom is -0.378 e. The van der Waals surface area contributed by atoms with Crippen LogP contribution in [0.25, 0.3) is 0 Å². The summed E-state index contributed by atoms with van der Waals surface area (Å²) in [6.07, 6.45) is 3.66. The largest absolute Gasteiger partial charge is 0.378 e. The van der Waals surface area contributed by atoms with E-state index in [0.717, 1.165) is 13.0 Å². The van der Waals surface area contributed by atoms with Crippen molar-refractivity contribution in [3.63, 3.8) is 0 Å². The number of nitrogens with two attached hydrogens (primary N) is 1. The third-order valence-corrected chi connectivity index (χ3v) is 4.38. The van der Waals surface area contributed by atoms with Crippen molar-refractivity contribution >= 4 is 5.69 Å². The predicted molar refractivity (Wildman–Crippen MR) is 91.7 cm³/mol. The molecule has 1 fully saturated rings. The van der Waals surface area contributed by atoms with Crippen LogP contribution in [0.15, 0.2) is 24.3 Å². The minimum absolute atomic E-state index is 0.247. The van der Waals surface area contributed by atoms with Gasteiger partial charge in [-0.1, -0.05) is 32.4 Å². The van der Waals surface area contributed by atoms with E-state index in [0.29, 0.717) is 12.0 Å². The summed E-state index contributed by atoms with van der Waals surface area (Å²) in [7, 11) is 4.16. The van der Waals surface area contributed by atoms with Crippen LogP contribution in [0.1, 0.15) is 44.7 Å². The fourth-order valence-corrected chi connectivity index (χ4v) is 3.36. The Labute approximate surface area is 130 Å². The molecule has 3 heteroatoms. The molecular weight excluding hydrogens is 258 g/mol. The zero-order chi connectivity index (χ0) is 15.4. The highest BCUT2D eigenvalue weighted by Gasteiger charge is 2.29. The quantitative estimate of drug-likeness (QED) is 0.923. The lowest BCUT2D eigenvalue weighted by Gasteiger charge is -2.35. The SMILES string of the molecule is CC(C)CN1CCCCC(N)C1c1ccc(N(C)C)cc1. The van der Waals surface area contributed by atoms with E-state index in [1.165, 1.54) is 30.6 Å². The molecule has 0 bridgehead atoms. The maximum Gasteiger partial charge on any atom is 0.0499 e. The standard InChI is InChI=1S/C18H31N3/c1-14(2)13-21-12-6-5-7-17(19)18(21)15-8-10-16(11-9-15)20(3)4/h8-11,14,17-18H,5-7,12-13,19H2,1-4H3. The molecule has 21 heavy (non-hydrogen) atoms. The van der Waals surface area contributed by atoms with E-state index in [9.17, 15) is 0 Å². The number of hydrogen-bond acceptors (Lipinski definition) is 3. The number of anilines is 1. The molecular formula is C18H31N3. The first-order valence-corrected chi connectivity index (χ1v) is 8.26. The maximum atomic E-state index is 6.52. The highest BCUT2D eigenvalue weighted by atomic mass is 15.2. The molecule has 1 saturated heterocycles. The zero-order valence-electron chi connectivity index (χ0n) is 14.0. The highest BCUT2D eigenvalue weighted by molar-refractivity contribution is 5.46. The Bertz CT molecular complexity index is 425. The first-order valence-electron chi connectivity index (χ1n) is 8.26. The molecule has 1 aliphatic rings. The Morgan fingerprint density at radius 3 is 2.43 bits per heavy atom. The molecule has 1 aliphatic heterocycles. The molecule has 1 heterocycles. The number of likely N-dealkylation sites (tertiary alicyclic amines) is 1. The summed E-state index contributed by atoms with van der Waals surface area (Å²) in [6, 6.07) is 9.56. The molecule has 118 valence electrons. The third kappa shape index (κ3) is 4.21. The number of rotatable bonds is 4. The van der Waals surface area contributed by atoms with Gasteiger partial charge in [0.15, 0.2) is 0 Å². The van der Waals surface area contributed by atoms with Crippen LogP contribution in [0, 0.1) is 5.92 Å². The van der Waals surface area contributed by atoms with Crippen molar-refractivity contribution in [2.75, 3.05) is 32.1 Å². The molecule has 2 N–H and O–H groups in total. The molecule has 0 saturated carbocycles. The molecule has 0 aliphatic carbocycles. The maximum absolute atomic E-state index is 6.52. The second-order valence-electron chi connectivity index (χ2n) is 6.98. The summed E-state index contributed by atoms with van der Waals surface area (Å²) in [5.74, 6) is 0.679. The van der Waals surface area contributed by atoms with Crippen molar-refractivity contribution in [2.24, 2.45) is 11.7 Å². The van der Waals surface area contributed by atoms with Gasteiger partial charge < -0.3 is 10.6 Å². The molecule has 0 radical (unpaired) electrons. The molecule has 1 aromatic carbocycles. The summed E-state index contributed by atoms with van der Waals surface area (Å²) in [4.78, 5) is 4.75. The molecule has 2 rings (SSSR count). The summed E-state index contributed by atoms with van der Waals surface area (Å²) in [5.41, 5.74) is 9.14. The second kappa shape index (κ2) is 7.28. The van der Waals surface area contributed by atoms with Gasteiger partial charge in [0.2, 0.25) is 0 Å². The van der Waals surface area contributed by atoms with Crippen LogP contribution in [0.4, 0.5) is 5.69 Å². The van der Waals surface area contributed by atoms with E-state index in [1.807, 2.05) is 0 Å². The summed E-state index contributed by atoms with van der Waals surface area (Å²) in [6.45, 7) is 6.89. The van der Waals surface area contributed by atoms with Crippen molar-refractivity contribution < 1.29 is 0 Å². The second-order valence-corrected chi connectivity index (χ2v) is 6.98. The third-order valence-electron chi connectivity index (χ3n) is 4.38. The molecule has 0 spiro atoms. The van der Waals surface area contributed by atoms with Gasteiger partial charge in [-0.2, -0.15) is 0 Å². The molecule has 0 aromatic heterocycles. The van der Waals surface area contributed by atoms with E-state index < -0.39 is 0 Å². The Hall–Kier alpha value is -1.06. The molecule has 1 aromatic rings. The fraction of sp³-hybridized carbons (Fsp3) is 0.667. The van der Waals surface area contributed by atoms with Crippen LogP contribution in [0.2, 0.25) is 0 Å². The fourth-order valence-electron chi connectivity index (χ4n) is 3.36. The lowest BCUT2D eigenvalue weighted by atomic mass is 9.95. The average molecular weight is 289 g/mol. The van der Waals surface area contributed by atoms with Crippen LogP contribution < -0.4 is 10.6 Å². The topological polar surface area (TPSA) is 32.5 Å². The van der Waals surface area contributed by atoms with Crippen molar-refractivity contribution in [2.45, 2.75) is 45.2 Å². The van der Waals surface area contributed by atoms with Gasteiger partial charge in [0, 0.05) is 38.4 Å². The lowest BCUT2D eigenvalue weighted by molar-refractivity contribution is 0.165. The van der Waals surface area contributed by atoms with Gasteiger partial charge in [0.05, 0.1) is 0 Å². The van der Waals surface area contributed by atoms with Crippen LogP contribution >= 0.6 is 0 Å². The zero-order valence-corrected chi connectivity index (χ0v) is 14.0. The van der Waals surface area contributed by atoms with Gasteiger partial charge in [0.1, 0.15) is 0 Å². The Morgan fingerprint density at radius 2 is 1.86 bits per heavy atom. The summed E-state index contributed by atoms with van der Waals surface area (Å²) >= 11 is 0. The van der Waals surface area contributed by atoms with Gasteiger partial charge in [-0.3, -0.25) is 4.90 Å². The predicted octanol–water partition coefficient (Wildman–Crippen LogP) is 3.26. The van der Waals surface area contributed by atoms with Crippen LogP contribution in [0.5, 0.6) is 0 Å². The van der Waals surface area contributed by atoms with E-state index in [-0.39, 0.29) is 6.04 Å². The van der Waals surface area contributed by atoms with Crippen molar-refractivity contribution in [3.05, 3.63) is 29.8 Å². The van der Waals surface area contributed by atoms with E-state index in [4.69, 9.17) is 5.73 Å². The summed E-state index contributed by atoms with van der Waals surface area (Å²) in [5, 5.41) is 0. The highest BCUT2D eigenvalue weighted by Crippen LogP contribution is 2.31. The van der Waals surface area contributed by atoms with Gasteiger partial charge in [-0.15, -0.1) is 0 Å². The molecule has 2 unspecified atom stereocenters. The van der Waals surface area contributed by atoms with Crippen LogP contribution in [-0.4, -0.2) is 38.1 Å². The van der Waals surface area contributed by atoms with Crippen LogP contribution in [-0.2, 0) is 0 Å². The molecule has 2 atom stereocenters. The minimum atomic E-state index is 0.247. The van der Waals surface area contributed by atoms with Crippen LogP contribution in [0.3, 0.4) is 0 Å². The van der Waals surface area contributed by atoms with E-state index in [1.54, 1.807) is 0 Å². The Morgan fingerprint density at radius 1 is 1.19 bits per heavy atom. The van der Waals surface area contributed by atoms with Gasteiger partial charge in [-0.05, 0) is 43.0 Å². The van der Waals surface area contributed by atoms with Gasteiger partial charge in [-0.25, -0.2) is 0 Å². The van der Waals surface area contributed by atoms with E-state index in [2.05, 4.69) is 62.0 Å². The lowest BCUT2D eigenvalue weighted by Crippen LogP contribution is -2.41. The van der Waals surface area contributed by atoms with Crippen molar-refractivity contribution in [1.82, 2.24) is 4.90 Å². The number of benzene rings is 1. The number of hydrogen-bond donors (Lipinski definition) is 1. The number of nitrogens with zero attached hydrogens (tertiary/aromatic N) is 2. The Balaban J connectivity index is 2.25.